The number of piperidine rings is 2. The topological polar surface area (TPSA) is 108 Å². The van der Waals surface area contributed by atoms with Crippen LogP contribution in [0, 0.1) is 23.2 Å². The fourth-order valence-corrected chi connectivity index (χ4v) is 7.53. The molecule has 0 bridgehead atoms. The Bertz CT molecular complexity index is 808. The van der Waals surface area contributed by atoms with Gasteiger partial charge in [0.1, 0.15) is 5.70 Å². The summed E-state index contributed by atoms with van der Waals surface area (Å²) >= 11 is 1.65. The van der Waals surface area contributed by atoms with Gasteiger partial charge in [0.25, 0.3) is 0 Å². The number of aliphatic hydroxyl groups is 1. The smallest absolute Gasteiger partial charge is 0.353 e. The number of rotatable bonds is 6. The monoisotopic (exact) mass is 464 g/mol. The largest absolute Gasteiger partial charge is 0.477 e. The molecule has 9 heteroatoms. The van der Waals surface area contributed by atoms with Gasteiger partial charge in [-0.2, -0.15) is 0 Å². The minimum absolute atomic E-state index is 0.0625. The predicted molar refractivity (Wildman–Crippen MR) is 124 cm³/mol. The first kappa shape index (κ1) is 23.6. The van der Waals surface area contributed by atoms with Crippen molar-refractivity contribution in [2.45, 2.75) is 63.9 Å². The maximum Gasteiger partial charge on any atom is 0.353 e. The second-order valence-electron chi connectivity index (χ2n) is 9.93. The summed E-state index contributed by atoms with van der Waals surface area (Å²) in [5, 5.41) is 28.0. The highest BCUT2D eigenvalue weighted by Gasteiger charge is 2.60. The van der Waals surface area contributed by atoms with E-state index in [1.807, 2.05) is 13.8 Å². The predicted octanol–water partition coefficient (Wildman–Crippen LogP) is 2.05. The molecule has 4 heterocycles. The summed E-state index contributed by atoms with van der Waals surface area (Å²) in [7, 11) is 0. The maximum absolute atomic E-state index is 12.6. The van der Waals surface area contributed by atoms with Gasteiger partial charge in [0.05, 0.1) is 23.9 Å². The van der Waals surface area contributed by atoms with Crippen LogP contribution in [-0.2, 0) is 9.59 Å². The zero-order valence-electron chi connectivity index (χ0n) is 19.3. The van der Waals surface area contributed by atoms with Crippen molar-refractivity contribution in [3.63, 3.8) is 0 Å². The molecule has 0 aromatic carbocycles. The molecule has 8 nitrogen and oxygen atoms in total. The van der Waals surface area contributed by atoms with Gasteiger partial charge < -0.3 is 24.9 Å². The fourth-order valence-electron chi connectivity index (χ4n) is 5.95. The molecule has 4 aliphatic heterocycles. The van der Waals surface area contributed by atoms with Crippen LogP contribution in [0.4, 0.5) is 0 Å². The number of amidine groups is 1. The third kappa shape index (κ3) is 4.31. The van der Waals surface area contributed by atoms with E-state index in [1.165, 1.54) is 4.90 Å². The lowest BCUT2D eigenvalue weighted by molar-refractivity contribution is -0.163. The average Bonchev–Trinajstić information content (AvgIpc) is 2.97. The number of carbonyl (C=O) groups is 2. The molecule has 0 aromatic heterocycles. The van der Waals surface area contributed by atoms with Crippen LogP contribution in [-0.4, -0.2) is 92.7 Å². The lowest BCUT2D eigenvalue weighted by Crippen LogP contribution is -2.63. The molecule has 3 fully saturated rings. The third-order valence-electron chi connectivity index (χ3n) is 7.67. The van der Waals surface area contributed by atoms with E-state index in [2.05, 4.69) is 9.80 Å². The summed E-state index contributed by atoms with van der Waals surface area (Å²) in [5.41, 5.74) is 0.140. The van der Waals surface area contributed by atoms with Crippen molar-refractivity contribution in [1.29, 1.82) is 5.41 Å². The van der Waals surface area contributed by atoms with E-state index in [9.17, 15) is 19.8 Å². The van der Waals surface area contributed by atoms with Gasteiger partial charge in [0.15, 0.2) is 0 Å². The number of thioether (sulfide) groups is 1. The van der Waals surface area contributed by atoms with E-state index in [1.54, 1.807) is 18.7 Å². The minimum Gasteiger partial charge on any atom is -0.477 e. The summed E-state index contributed by atoms with van der Waals surface area (Å²) in [5.74, 6) is -0.558. The molecule has 1 amide bonds. The molecule has 178 valence electrons. The zero-order valence-corrected chi connectivity index (χ0v) is 20.1. The van der Waals surface area contributed by atoms with E-state index >= 15 is 0 Å². The summed E-state index contributed by atoms with van der Waals surface area (Å²) in [6.07, 6.45) is 3.63. The van der Waals surface area contributed by atoms with Crippen LogP contribution in [0.5, 0.6) is 0 Å². The van der Waals surface area contributed by atoms with E-state index in [0.29, 0.717) is 17.0 Å². The molecule has 3 saturated heterocycles. The Morgan fingerprint density at radius 1 is 1.25 bits per heavy atom. The number of β-lactam (4-membered cyclic amide) rings is 1. The molecular formula is C23H36N4O4S. The first-order valence-electron chi connectivity index (χ1n) is 11.9. The fraction of sp³-hybridized carbons (Fsp3) is 0.783. The number of hydrogen-bond donors (Lipinski definition) is 3. The molecule has 32 heavy (non-hydrogen) atoms. The van der Waals surface area contributed by atoms with Gasteiger partial charge in [0.2, 0.25) is 5.91 Å². The zero-order chi connectivity index (χ0) is 23.2. The van der Waals surface area contributed by atoms with Crippen LogP contribution in [0.1, 0.15) is 46.5 Å². The normalized spacial score (nSPS) is 32.7. The third-order valence-corrected chi connectivity index (χ3v) is 9.21. The Hall–Kier alpha value is -1.58. The van der Waals surface area contributed by atoms with Crippen molar-refractivity contribution in [3.8, 4) is 0 Å². The number of carbonyl (C=O) groups excluding carboxylic acids is 1. The second kappa shape index (κ2) is 9.35. The summed E-state index contributed by atoms with van der Waals surface area (Å²) in [4.78, 5) is 31.5. The maximum atomic E-state index is 12.6. The molecule has 4 rings (SSSR count). The molecule has 0 aliphatic carbocycles. The van der Waals surface area contributed by atoms with Crippen molar-refractivity contribution in [2.24, 2.45) is 17.8 Å². The highest BCUT2D eigenvalue weighted by atomic mass is 32.2. The summed E-state index contributed by atoms with van der Waals surface area (Å²) in [6, 6.07) is -0.238. The number of aliphatic carboxylic acids is 1. The van der Waals surface area contributed by atoms with Crippen molar-refractivity contribution >= 4 is 29.5 Å². The molecule has 5 atom stereocenters. The van der Waals surface area contributed by atoms with Crippen molar-refractivity contribution in [3.05, 3.63) is 10.6 Å². The van der Waals surface area contributed by atoms with Gasteiger partial charge >= 0.3 is 5.97 Å². The number of amides is 1. The molecule has 0 saturated carbocycles. The quantitative estimate of drug-likeness (QED) is 0.314. The standard InChI is InChI=1S/C23H36N4O4S/c1-13-19-18(14(2)28)22(29)27(19)20(23(30)31)21(13)32-17-5-4-8-25(12-17)11-16-6-9-26(10-7-16)15(3)24/h13-14,16-19,24,28H,4-12H2,1-3H3,(H,30,31)/t13-,14-,17-,18-,19-/m1/s1. The lowest BCUT2D eigenvalue weighted by atomic mass is 9.79. The minimum atomic E-state index is -1.04. The molecule has 4 aliphatic rings. The van der Waals surface area contributed by atoms with Crippen LogP contribution < -0.4 is 0 Å². The van der Waals surface area contributed by atoms with E-state index in [-0.39, 0.29) is 23.6 Å². The molecule has 0 unspecified atom stereocenters. The van der Waals surface area contributed by atoms with Gasteiger partial charge in [-0.15, -0.1) is 11.8 Å². The molecule has 0 spiro atoms. The Labute approximate surface area is 194 Å². The van der Waals surface area contributed by atoms with Crippen LogP contribution >= 0.6 is 11.8 Å². The first-order valence-corrected chi connectivity index (χ1v) is 12.7. The van der Waals surface area contributed by atoms with Gasteiger partial charge in [-0.05, 0) is 52.0 Å². The highest BCUT2D eigenvalue weighted by molar-refractivity contribution is 8.03. The number of nitrogens with zero attached hydrogens (tertiary/aromatic N) is 3. The molecule has 0 radical (unpaired) electrons. The Kier molecular flexibility index (Phi) is 6.89. The molecule has 3 N–H and O–H groups in total. The number of aliphatic hydroxyl groups excluding tert-OH is 1. The van der Waals surface area contributed by atoms with E-state index in [0.717, 1.165) is 63.3 Å². The summed E-state index contributed by atoms with van der Waals surface area (Å²) in [6.45, 7) is 10.5. The van der Waals surface area contributed by atoms with Gasteiger partial charge in [0, 0.05) is 42.3 Å². The van der Waals surface area contributed by atoms with Crippen molar-refractivity contribution < 1.29 is 19.8 Å². The molecular weight excluding hydrogens is 428 g/mol. The van der Waals surface area contributed by atoms with Crippen molar-refractivity contribution in [2.75, 3.05) is 32.7 Å². The lowest BCUT2D eigenvalue weighted by Gasteiger charge is -2.46. The van der Waals surface area contributed by atoms with Crippen LogP contribution in [0.3, 0.4) is 0 Å². The van der Waals surface area contributed by atoms with Crippen LogP contribution in [0.2, 0.25) is 0 Å². The number of carboxylic acids is 1. The van der Waals surface area contributed by atoms with Gasteiger partial charge in [-0.25, -0.2) is 4.79 Å². The average molecular weight is 465 g/mol. The number of carboxylic acid groups (broad SMARTS) is 1. The van der Waals surface area contributed by atoms with E-state index in [4.69, 9.17) is 5.41 Å². The number of fused-ring (bicyclic) bond motifs is 1. The van der Waals surface area contributed by atoms with E-state index < -0.39 is 18.0 Å². The number of likely N-dealkylation sites (tertiary alicyclic amines) is 2. The van der Waals surface area contributed by atoms with Crippen molar-refractivity contribution in [1.82, 2.24) is 14.7 Å². The number of hydrogen-bond acceptors (Lipinski definition) is 6. The number of nitrogens with one attached hydrogen (secondary N) is 1. The first-order chi connectivity index (χ1) is 15.2. The molecule has 0 aromatic rings. The Morgan fingerprint density at radius 3 is 2.53 bits per heavy atom. The second-order valence-corrected chi connectivity index (χ2v) is 11.3. The van der Waals surface area contributed by atoms with Gasteiger partial charge in [-0.3, -0.25) is 10.2 Å². The van der Waals surface area contributed by atoms with Crippen LogP contribution in [0.25, 0.3) is 0 Å². The van der Waals surface area contributed by atoms with Gasteiger partial charge in [-0.1, -0.05) is 6.92 Å². The highest BCUT2D eigenvalue weighted by Crippen LogP contribution is 2.51. The van der Waals surface area contributed by atoms with Crippen LogP contribution in [0.15, 0.2) is 10.6 Å². The summed E-state index contributed by atoms with van der Waals surface area (Å²) < 4.78 is 0. The Balaban J connectivity index is 1.39. The SMILES string of the molecule is CC(=N)N1CCC(CN2CCC[C@@H](SC3=C(C(=O)O)N4C(=O)[C@H]([C@@H](C)O)[C@H]4[C@H]3C)C2)CC1. The Morgan fingerprint density at radius 2 is 1.94 bits per heavy atom.